The highest BCUT2D eigenvalue weighted by Gasteiger charge is 2.28. The highest BCUT2D eigenvalue weighted by molar-refractivity contribution is 6.04. The monoisotopic (exact) mass is 429 g/mol. The molecule has 0 saturated carbocycles. The van der Waals surface area contributed by atoms with Gasteiger partial charge in [-0.1, -0.05) is 35.9 Å². The molecule has 1 aliphatic heterocycles. The third kappa shape index (κ3) is 5.37. The molecule has 2 amide bonds. The number of halogens is 1. The SMILES string of the molecule is CC1=C(CC(=O)N(C)c2ccc(N)nc2C)C(=O)N(NCc2ccccc2)CC1.Cl. The average Bonchev–Trinajstić information content (AvgIpc) is 2.70. The van der Waals surface area contributed by atoms with Gasteiger partial charge in [0.25, 0.3) is 5.91 Å². The number of amides is 2. The lowest BCUT2D eigenvalue weighted by atomic mass is 9.98. The number of nitrogen functional groups attached to an aromatic ring is 1. The number of hydrogen-bond donors (Lipinski definition) is 2. The van der Waals surface area contributed by atoms with Crippen molar-refractivity contribution in [3.05, 3.63) is 64.9 Å². The molecule has 30 heavy (non-hydrogen) atoms. The first kappa shape index (κ1) is 23.4. The van der Waals surface area contributed by atoms with Crippen molar-refractivity contribution in [2.45, 2.75) is 33.2 Å². The van der Waals surface area contributed by atoms with Gasteiger partial charge >= 0.3 is 0 Å². The molecule has 0 bridgehead atoms. The zero-order valence-corrected chi connectivity index (χ0v) is 18.3. The first-order valence-electron chi connectivity index (χ1n) is 9.64. The predicted octanol–water partition coefficient (Wildman–Crippen LogP) is 3.00. The van der Waals surface area contributed by atoms with E-state index in [-0.39, 0.29) is 30.6 Å². The molecular weight excluding hydrogens is 402 g/mol. The van der Waals surface area contributed by atoms with Gasteiger partial charge in [-0.05, 0) is 38.0 Å². The number of hydrogen-bond acceptors (Lipinski definition) is 5. The van der Waals surface area contributed by atoms with E-state index in [9.17, 15) is 9.59 Å². The summed E-state index contributed by atoms with van der Waals surface area (Å²) in [6.07, 6.45) is 0.789. The van der Waals surface area contributed by atoms with Crippen LogP contribution in [0.3, 0.4) is 0 Å². The highest BCUT2D eigenvalue weighted by Crippen LogP contribution is 2.24. The molecule has 1 aromatic carbocycles. The molecule has 0 saturated heterocycles. The van der Waals surface area contributed by atoms with E-state index in [4.69, 9.17) is 5.73 Å². The minimum absolute atomic E-state index is 0. The number of benzene rings is 1. The lowest BCUT2D eigenvalue weighted by Gasteiger charge is -2.30. The highest BCUT2D eigenvalue weighted by atomic mass is 35.5. The van der Waals surface area contributed by atoms with Crippen LogP contribution in [0.15, 0.2) is 53.6 Å². The molecule has 0 radical (unpaired) electrons. The Morgan fingerprint density at radius 3 is 2.57 bits per heavy atom. The maximum absolute atomic E-state index is 13.0. The number of aromatic nitrogens is 1. The van der Waals surface area contributed by atoms with Gasteiger partial charge < -0.3 is 10.6 Å². The van der Waals surface area contributed by atoms with E-state index in [1.54, 1.807) is 31.1 Å². The van der Waals surface area contributed by atoms with Gasteiger partial charge in [0.1, 0.15) is 5.82 Å². The number of hydrazine groups is 1. The minimum Gasteiger partial charge on any atom is -0.384 e. The summed E-state index contributed by atoms with van der Waals surface area (Å²) in [4.78, 5) is 31.6. The molecular formula is C22H28ClN5O2. The van der Waals surface area contributed by atoms with Crippen LogP contribution < -0.4 is 16.1 Å². The van der Waals surface area contributed by atoms with Gasteiger partial charge in [-0.25, -0.2) is 10.4 Å². The van der Waals surface area contributed by atoms with Crippen molar-refractivity contribution >= 4 is 35.7 Å². The van der Waals surface area contributed by atoms with E-state index in [0.717, 1.165) is 17.6 Å². The molecule has 3 rings (SSSR count). The number of anilines is 2. The zero-order chi connectivity index (χ0) is 21.0. The molecule has 3 N–H and O–H groups in total. The summed E-state index contributed by atoms with van der Waals surface area (Å²) in [5.41, 5.74) is 12.8. The largest absolute Gasteiger partial charge is 0.384 e. The molecule has 160 valence electrons. The van der Waals surface area contributed by atoms with Gasteiger partial charge in [0, 0.05) is 25.7 Å². The molecule has 0 aliphatic carbocycles. The number of aryl methyl sites for hydroxylation is 1. The third-order valence-corrected chi connectivity index (χ3v) is 5.19. The van der Waals surface area contributed by atoms with Crippen LogP contribution in [0.25, 0.3) is 0 Å². The molecule has 2 heterocycles. The summed E-state index contributed by atoms with van der Waals surface area (Å²) in [7, 11) is 1.69. The van der Waals surface area contributed by atoms with Crippen molar-refractivity contribution in [3.8, 4) is 0 Å². The number of carbonyl (C=O) groups excluding carboxylic acids is 2. The summed E-state index contributed by atoms with van der Waals surface area (Å²) in [5.74, 6) is 0.110. The second-order valence-corrected chi connectivity index (χ2v) is 7.26. The van der Waals surface area contributed by atoms with Crippen LogP contribution >= 0.6 is 12.4 Å². The number of nitrogens with one attached hydrogen (secondary N) is 1. The van der Waals surface area contributed by atoms with Crippen LogP contribution in [-0.2, 0) is 16.1 Å². The van der Waals surface area contributed by atoms with Crippen LogP contribution in [-0.4, -0.2) is 35.4 Å². The summed E-state index contributed by atoms with van der Waals surface area (Å²) >= 11 is 0. The molecule has 1 aromatic heterocycles. The fraction of sp³-hybridized carbons (Fsp3) is 0.318. The standard InChI is InChI=1S/C22H27N5O2.ClH/c1-15-11-12-27(24-14-17-7-5-4-6-8-17)22(29)18(15)13-21(28)26(3)19-9-10-20(23)25-16(19)2;/h4-10,24H,11-14H2,1-3H3,(H2,23,25);1H. The van der Waals surface area contributed by atoms with Crippen molar-refractivity contribution in [1.82, 2.24) is 15.4 Å². The Hall–Kier alpha value is -2.90. The van der Waals surface area contributed by atoms with Crippen LogP contribution in [0.4, 0.5) is 11.5 Å². The number of carbonyl (C=O) groups is 2. The fourth-order valence-corrected chi connectivity index (χ4v) is 3.37. The van der Waals surface area contributed by atoms with Crippen molar-refractivity contribution in [1.29, 1.82) is 0 Å². The average molecular weight is 430 g/mol. The van der Waals surface area contributed by atoms with Crippen molar-refractivity contribution in [2.75, 3.05) is 24.2 Å². The Kier molecular flexibility index (Phi) is 7.97. The molecule has 0 atom stereocenters. The predicted molar refractivity (Wildman–Crippen MR) is 121 cm³/mol. The lowest BCUT2D eigenvalue weighted by Crippen LogP contribution is -2.47. The Labute approximate surface area is 183 Å². The Morgan fingerprint density at radius 1 is 1.20 bits per heavy atom. The second-order valence-electron chi connectivity index (χ2n) is 7.26. The van der Waals surface area contributed by atoms with Crippen LogP contribution in [0.1, 0.15) is 31.0 Å². The molecule has 2 aromatic rings. The Balaban J connectivity index is 0.00000320. The Bertz CT molecular complexity index is 946. The molecule has 1 aliphatic rings. The van der Waals surface area contributed by atoms with Crippen molar-refractivity contribution in [3.63, 3.8) is 0 Å². The summed E-state index contributed by atoms with van der Waals surface area (Å²) in [6.45, 7) is 4.88. The smallest absolute Gasteiger partial charge is 0.264 e. The van der Waals surface area contributed by atoms with E-state index in [1.807, 2.05) is 37.3 Å². The first-order valence-corrected chi connectivity index (χ1v) is 9.64. The summed E-state index contributed by atoms with van der Waals surface area (Å²) < 4.78 is 0. The van der Waals surface area contributed by atoms with Gasteiger partial charge in [0.05, 0.1) is 17.8 Å². The second kappa shape index (κ2) is 10.2. The van der Waals surface area contributed by atoms with E-state index in [1.165, 1.54) is 4.90 Å². The van der Waals surface area contributed by atoms with Crippen LogP contribution in [0, 0.1) is 6.92 Å². The summed E-state index contributed by atoms with van der Waals surface area (Å²) in [5, 5.41) is 1.61. The van der Waals surface area contributed by atoms with Gasteiger partial charge in [-0.15, -0.1) is 12.4 Å². The number of nitrogens with zero attached hydrogens (tertiary/aromatic N) is 3. The van der Waals surface area contributed by atoms with E-state index in [2.05, 4.69) is 10.4 Å². The fourth-order valence-electron chi connectivity index (χ4n) is 3.37. The molecule has 7 nitrogen and oxygen atoms in total. The molecule has 0 fully saturated rings. The van der Waals surface area contributed by atoms with Crippen molar-refractivity contribution in [2.24, 2.45) is 0 Å². The summed E-state index contributed by atoms with van der Waals surface area (Å²) in [6, 6.07) is 13.3. The molecule has 0 spiro atoms. The quantitative estimate of drug-likeness (QED) is 0.736. The van der Waals surface area contributed by atoms with Gasteiger partial charge in [0.2, 0.25) is 5.91 Å². The van der Waals surface area contributed by atoms with Gasteiger partial charge in [-0.2, -0.15) is 0 Å². The molecule has 0 unspecified atom stereocenters. The number of nitrogens with two attached hydrogens (primary N) is 1. The Morgan fingerprint density at radius 2 is 1.90 bits per heavy atom. The van der Waals surface area contributed by atoms with E-state index < -0.39 is 0 Å². The van der Waals surface area contributed by atoms with Gasteiger partial charge in [0.15, 0.2) is 0 Å². The zero-order valence-electron chi connectivity index (χ0n) is 17.5. The number of pyridine rings is 1. The van der Waals surface area contributed by atoms with E-state index in [0.29, 0.717) is 35.9 Å². The maximum Gasteiger partial charge on any atom is 0.264 e. The lowest BCUT2D eigenvalue weighted by molar-refractivity contribution is -0.132. The molecule has 8 heteroatoms. The van der Waals surface area contributed by atoms with Crippen LogP contribution in [0.5, 0.6) is 0 Å². The number of rotatable bonds is 6. The topological polar surface area (TPSA) is 91.6 Å². The van der Waals surface area contributed by atoms with E-state index >= 15 is 0 Å². The van der Waals surface area contributed by atoms with Crippen LogP contribution in [0.2, 0.25) is 0 Å². The minimum atomic E-state index is -0.160. The maximum atomic E-state index is 13.0. The van der Waals surface area contributed by atoms with Crippen molar-refractivity contribution < 1.29 is 9.59 Å². The normalized spacial score (nSPS) is 13.8. The van der Waals surface area contributed by atoms with Gasteiger partial charge in [-0.3, -0.25) is 14.6 Å². The third-order valence-electron chi connectivity index (χ3n) is 5.19. The first-order chi connectivity index (χ1) is 13.9.